The van der Waals surface area contributed by atoms with E-state index in [1.54, 1.807) is 17.9 Å². The highest BCUT2D eigenvalue weighted by atomic mass is 79.9. The van der Waals surface area contributed by atoms with E-state index in [1.165, 1.54) is 13.0 Å². The molecule has 2 rings (SSSR count). The summed E-state index contributed by atoms with van der Waals surface area (Å²) < 4.78 is 5.56. The minimum absolute atomic E-state index is 0.0738. The quantitative estimate of drug-likeness (QED) is 0.445. The van der Waals surface area contributed by atoms with Gasteiger partial charge in [-0.25, -0.2) is 0 Å². The average Bonchev–Trinajstić information content (AvgIpc) is 2.83. The van der Waals surface area contributed by atoms with Gasteiger partial charge in [-0.15, -0.1) is 0 Å². The molecule has 0 saturated carbocycles. The van der Waals surface area contributed by atoms with Crippen LogP contribution in [0.1, 0.15) is 63.9 Å². The van der Waals surface area contributed by atoms with Gasteiger partial charge in [-0.2, -0.15) is 12.6 Å². The normalized spacial score (nSPS) is 13.4. The molecule has 3 N–H and O–H groups in total. The van der Waals surface area contributed by atoms with E-state index < -0.39 is 0 Å². The number of thiol groups is 1. The lowest BCUT2D eigenvalue weighted by Gasteiger charge is -2.18. The monoisotopic (exact) mass is 476 g/mol. The number of benzene rings is 1. The molecule has 0 aliphatic carbocycles. The minimum atomic E-state index is -0.333. The molecule has 0 fully saturated rings. The third kappa shape index (κ3) is 9.45. The number of fused-ring (bicyclic) bond motifs is 1. The molecular weight excluding hydrogens is 448 g/mol. The van der Waals surface area contributed by atoms with Crippen molar-refractivity contribution in [1.29, 1.82) is 0 Å². The first-order valence-electron chi connectivity index (χ1n) is 8.67. The minimum Gasteiger partial charge on any atom is -0.507 e. The number of ether oxygens (including phenoxy) is 1. The molecule has 0 aromatic heterocycles. The summed E-state index contributed by atoms with van der Waals surface area (Å²) in [4.78, 5) is 33.3. The molecule has 1 aromatic rings. The molecule has 0 spiro atoms. The number of nitrogens with two attached hydrogens (primary N) is 1. The first-order chi connectivity index (χ1) is 12.7. The number of esters is 1. The summed E-state index contributed by atoms with van der Waals surface area (Å²) >= 11 is 7.47. The van der Waals surface area contributed by atoms with Crippen LogP contribution in [0, 0.1) is 0 Å². The fourth-order valence-electron chi connectivity index (χ4n) is 2.06. The Bertz CT molecular complexity index is 713. The number of aromatic hydroxyl groups is 1. The smallest absolute Gasteiger partial charge is 0.306 e. The van der Waals surface area contributed by atoms with Crippen molar-refractivity contribution >= 4 is 46.3 Å². The number of amides is 2. The van der Waals surface area contributed by atoms with Crippen molar-refractivity contribution in [3.63, 3.8) is 0 Å². The second-order valence-electron chi connectivity index (χ2n) is 7.08. The molecule has 7 nitrogen and oxygen atoms in total. The van der Waals surface area contributed by atoms with Crippen LogP contribution in [-0.2, 0) is 20.9 Å². The zero-order valence-corrected chi connectivity index (χ0v) is 19.6. The Kier molecular flexibility index (Phi) is 10.6. The first-order valence-corrected chi connectivity index (χ1v) is 9.98. The fourth-order valence-corrected chi connectivity index (χ4v) is 2.64. The molecule has 158 valence electrons. The Morgan fingerprint density at radius 3 is 2.25 bits per heavy atom. The summed E-state index contributed by atoms with van der Waals surface area (Å²) in [6, 6.07) is 3.27. The van der Waals surface area contributed by atoms with Crippen molar-refractivity contribution in [1.82, 2.24) is 4.90 Å². The molecule has 1 atom stereocenters. The third-order valence-electron chi connectivity index (χ3n) is 3.16. The number of carbonyl (C=O) groups is 3. The molecular formula is C19H29BrN2O5S. The lowest BCUT2D eigenvalue weighted by molar-refractivity contribution is -0.154. The van der Waals surface area contributed by atoms with E-state index in [0.29, 0.717) is 23.0 Å². The van der Waals surface area contributed by atoms with Crippen LogP contribution in [0.5, 0.6) is 5.75 Å². The molecule has 0 bridgehead atoms. The number of halogens is 1. The van der Waals surface area contributed by atoms with Crippen LogP contribution in [0.4, 0.5) is 0 Å². The van der Waals surface area contributed by atoms with Gasteiger partial charge in [0.2, 0.25) is 5.91 Å². The third-order valence-corrected chi connectivity index (χ3v) is 4.08. The van der Waals surface area contributed by atoms with Gasteiger partial charge in [-0.3, -0.25) is 14.4 Å². The Morgan fingerprint density at radius 1 is 1.39 bits per heavy atom. The number of phenols is 1. The Morgan fingerprint density at radius 2 is 1.89 bits per heavy atom. The van der Waals surface area contributed by atoms with Crippen LogP contribution in [0.25, 0.3) is 0 Å². The van der Waals surface area contributed by atoms with Gasteiger partial charge in [0.25, 0.3) is 5.91 Å². The molecule has 1 aliphatic heterocycles. The number of hydrogen-bond acceptors (Lipinski definition) is 6. The summed E-state index contributed by atoms with van der Waals surface area (Å²) in [7, 11) is 0. The molecule has 0 saturated heterocycles. The van der Waals surface area contributed by atoms with Crippen LogP contribution in [-0.4, -0.2) is 38.8 Å². The average molecular weight is 477 g/mol. The maximum atomic E-state index is 11.9. The van der Waals surface area contributed by atoms with Gasteiger partial charge >= 0.3 is 5.97 Å². The standard InChI is InChI=1S/C10H10BrNO2S.C7H14O2.C2H5NO/c1-5(15)12-4-6-2-8(11)9(13)3-7(6)10(12)14;1-5-6(8)9-7(2,3)4;1-2(3)4/h2-3,5,13,15H,4H2,1H3;5H2,1-4H3;1H3,(H2,3,4). The fraction of sp³-hybridized carbons (Fsp3) is 0.526. The summed E-state index contributed by atoms with van der Waals surface area (Å²) in [5, 5.41) is 9.37. The summed E-state index contributed by atoms with van der Waals surface area (Å²) in [5.41, 5.74) is 5.63. The highest BCUT2D eigenvalue weighted by molar-refractivity contribution is 9.10. The first kappa shape index (κ1) is 26.3. The van der Waals surface area contributed by atoms with Gasteiger partial charge < -0.3 is 20.5 Å². The van der Waals surface area contributed by atoms with Crippen LogP contribution < -0.4 is 5.73 Å². The van der Waals surface area contributed by atoms with Gasteiger partial charge in [-0.05, 0) is 61.3 Å². The number of phenolic OH excluding ortho intramolecular Hbond substituents is 1. The summed E-state index contributed by atoms with van der Waals surface area (Å²) in [6.07, 6.45) is 0.456. The predicted molar refractivity (Wildman–Crippen MR) is 115 cm³/mol. The number of nitrogens with zero attached hydrogens (tertiary/aromatic N) is 1. The van der Waals surface area contributed by atoms with Crippen molar-refractivity contribution in [2.45, 2.75) is 65.5 Å². The topological polar surface area (TPSA) is 110 Å². The van der Waals surface area contributed by atoms with Crippen molar-refractivity contribution < 1.29 is 24.2 Å². The van der Waals surface area contributed by atoms with E-state index in [4.69, 9.17) is 4.74 Å². The molecule has 2 amide bonds. The second kappa shape index (κ2) is 11.3. The zero-order valence-electron chi connectivity index (χ0n) is 17.1. The predicted octanol–water partition coefficient (Wildman–Crippen LogP) is 3.62. The van der Waals surface area contributed by atoms with E-state index >= 15 is 0 Å². The van der Waals surface area contributed by atoms with Crippen molar-refractivity contribution in [3.8, 4) is 5.75 Å². The SMILES string of the molecule is CC(N)=O.CC(S)N1Cc2cc(Br)c(O)cc2C1=O.CCC(=O)OC(C)(C)C. The van der Waals surface area contributed by atoms with Gasteiger partial charge in [0.15, 0.2) is 0 Å². The van der Waals surface area contributed by atoms with Crippen LogP contribution in [0.2, 0.25) is 0 Å². The van der Waals surface area contributed by atoms with Gasteiger partial charge in [0, 0.05) is 25.5 Å². The highest BCUT2D eigenvalue weighted by Gasteiger charge is 2.30. The highest BCUT2D eigenvalue weighted by Crippen LogP contribution is 2.33. The van der Waals surface area contributed by atoms with E-state index in [0.717, 1.165) is 5.56 Å². The zero-order chi connectivity index (χ0) is 22.2. The number of carbonyl (C=O) groups excluding carboxylic acids is 3. The Hall–Kier alpha value is -1.74. The second-order valence-corrected chi connectivity index (χ2v) is 8.68. The van der Waals surface area contributed by atoms with E-state index in [9.17, 15) is 19.5 Å². The molecule has 0 radical (unpaired) electrons. The van der Waals surface area contributed by atoms with Gasteiger partial charge in [-0.1, -0.05) is 6.92 Å². The Balaban J connectivity index is 0.000000480. The van der Waals surface area contributed by atoms with Gasteiger partial charge in [0.05, 0.1) is 9.85 Å². The van der Waals surface area contributed by atoms with Crippen molar-refractivity contribution in [3.05, 3.63) is 27.7 Å². The van der Waals surface area contributed by atoms with Gasteiger partial charge in [0.1, 0.15) is 11.4 Å². The lowest BCUT2D eigenvalue weighted by atomic mass is 10.1. The summed E-state index contributed by atoms with van der Waals surface area (Å²) in [5.74, 6) is -0.450. The van der Waals surface area contributed by atoms with E-state index in [2.05, 4.69) is 34.3 Å². The van der Waals surface area contributed by atoms with Crippen molar-refractivity contribution in [2.75, 3.05) is 0 Å². The van der Waals surface area contributed by atoms with E-state index in [-0.39, 0.29) is 34.5 Å². The molecule has 1 heterocycles. The number of rotatable bonds is 2. The maximum Gasteiger partial charge on any atom is 0.306 e. The molecule has 1 unspecified atom stereocenters. The largest absolute Gasteiger partial charge is 0.507 e. The number of primary amides is 1. The lowest BCUT2D eigenvalue weighted by Crippen LogP contribution is -2.29. The maximum absolute atomic E-state index is 11.9. The molecule has 1 aromatic carbocycles. The van der Waals surface area contributed by atoms with E-state index in [1.807, 2.05) is 27.7 Å². The molecule has 1 aliphatic rings. The molecule has 9 heteroatoms. The van der Waals surface area contributed by atoms with Crippen molar-refractivity contribution in [2.24, 2.45) is 5.73 Å². The Labute approximate surface area is 180 Å². The molecule has 28 heavy (non-hydrogen) atoms. The van der Waals surface area contributed by atoms with Crippen LogP contribution in [0.15, 0.2) is 16.6 Å². The number of hydrogen-bond donors (Lipinski definition) is 3. The van der Waals surface area contributed by atoms with Crippen LogP contribution >= 0.6 is 28.6 Å². The van der Waals surface area contributed by atoms with Crippen LogP contribution in [0.3, 0.4) is 0 Å². The summed E-state index contributed by atoms with van der Waals surface area (Å²) in [6.45, 7) is 11.1.